The minimum atomic E-state index is -4.90. The lowest BCUT2D eigenvalue weighted by atomic mass is 10.2. The van der Waals surface area contributed by atoms with Crippen molar-refractivity contribution in [1.29, 1.82) is 0 Å². The van der Waals surface area contributed by atoms with Gasteiger partial charge in [0.15, 0.2) is 0 Å². The molecule has 10 nitrogen and oxygen atoms in total. The fraction of sp³-hybridized carbons (Fsp3) is 0.316. The molecule has 2 aromatic rings. The summed E-state index contributed by atoms with van der Waals surface area (Å²) in [6.07, 6.45) is -2.54. The molecule has 32 heavy (non-hydrogen) atoms. The number of hydrogen-bond acceptors (Lipinski definition) is 7. The van der Waals surface area contributed by atoms with Gasteiger partial charge < -0.3 is 9.47 Å². The predicted octanol–water partition coefficient (Wildman–Crippen LogP) is 2.48. The number of nitro groups is 1. The van der Waals surface area contributed by atoms with E-state index in [-0.39, 0.29) is 30.8 Å². The monoisotopic (exact) mass is 457 g/mol. The molecule has 13 heteroatoms. The van der Waals surface area contributed by atoms with Crippen LogP contribution >= 0.6 is 0 Å². The Hall–Kier alpha value is -3.90. The van der Waals surface area contributed by atoms with Crippen LogP contribution in [0.15, 0.2) is 33.9 Å². The first-order valence-electron chi connectivity index (χ1n) is 9.06. The third-order valence-electron chi connectivity index (χ3n) is 4.11. The second kappa shape index (κ2) is 9.94. The molecule has 1 aromatic heterocycles. The normalized spacial score (nSPS) is 11.5. The minimum Gasteiger partial charge on any atom is -0.466 e. The van der Waals surface area contributed by atoms with Crippen LogP contribution in [0.1, 0.15) is 24.6 Å². The maximum atomic E-state index is 12.6. The number of hydrogen-bond donors (Lipinski definition) is 0. The smallest absolute Gasteiger partial charge is 0.466 e. The molecule has 0 atom stereocenters. The van der Waals surface area contributed by atoms with Crippen molar-refractivity contribution in [2.75, 3.05) is 6.61 Å². The first-order valence-corrected chi connectivity index (χ1v) is 9.06. The van der Waals surface area contributed by atoms with Crippen LogP contribution in [0.2, 0.25) is 0 Å². The van der Waals surface area contributed by atoms with Crippen LogP contribution in [-0.2, 0) is 23.1 Å². The van der Waals surface area contributed by atoms with E-state index in [4.69, 9.17) is 4.74 Å². The number of esters is 1. The van der Waals surface area contributed by atoms with E-state index >= 15 is 0 Å². The van der Waals surface area contributed by atoms with Gasteiger partial charge in [0.2, 0.25) is 0 Å². The first-order chi connectivity index (χ1) is 14.9. The SMILES string of the molecule is CC(=O)OCCCn1c(=O)c([N+](=O)[O-])c(C=Cc2cccc(OC(F)(F)F)c2)n(C)c1=O. The molecule has 0 spiro atoms. The largest absolute Gasteiger partial charge is 0.573 e. The molecule has 1 aromatic carbocycles. The highest BCUT2D eigenvalue weighted by Gasteiger charge is 2.31. The van der Waals surface area contributed by atoms with E-state index in [1.807, 2.05) is 0 Å². The van der Waals surface area contributed by atoms with Gasteiger partial charge in [-0.15, -0.1) is 13.2 Å². The van der Waals surface area contributed by atoms with Crippen molar-refractivity contribution in [1.82, 2.24) is 9.13 Å². The van der Waals surface area contributed by atoms with E-state index in [9.17, 15) is 37.7 Å². The highest BCUT2D eigenvalue weighted by molar-refractivity contribution is 5.72. The number of nitrogens with zero attached hydrogens (tertiary/aromatic N) is 3. The molecule has 0 unspecified atom stereocenters. The standard InChI is InChI=1S/C19H18F3N3O7/c1-12(26)31-10-4-9-24-17(27)16(25(29)30)15(23(2)18(24)28)8-7-13-5-3-6-14(11-13)32-19(20,21)22/h3,5-8,11H,4,9-10H2,1-2H3. The van der Waals surface area contributed by atoms with Crippen LogP contribution in [0.25, 0.3) is 12.2 Å². The molecule has 172 valence electrons. The van der Waals surface area contributed by atoms with Crippen molar-refractivity contribution in [2.45, 2.75) is 26.3 Å². The quantitative estimate of drug-likeness (QED) is 0.258. The number of carbonyl (C=O) groups excluding carboxylic acids is 1. The minimum absolute atomic E-state index is 0.0765. The van der Waals surface area contributed by atoms with E-state index in [0.717, 1.165) is 22.8 Å². The van der Waals surface area contributed by atoms with E-state index < -0.39 is 39.9 Å². The molecule has 0 amide bonds. The van der Waals surface area contributed by atoms with Crippen LogP contribution < -0.4 is 16.0 Å². The highest BCUT2D eigenvalue weighted by Crippen LogP contribution is 2.24. The molecule has 1 heterocycles. The van der Waals surface area contributed by atoms with Crippen LogP contribution in [0, 0.1) is 10.1 Å². The molecule has 0 bridgehead atoms. The average molecular weight is 457 g/mol. The van der Waals surface area contributed by atoms with Crippen LogP contribution in [-0.4, -0.2) is 33.0 Å². The number of benzene rings is 1. The number of carbonyl (C=O) groups is 1. The molecule has 0 fully saturated rings. The zero-order valence-corrected chi connectivity index (χ0v) is 16.9. The molecular formula is C19H18F3N3O7. The van der Waals surface area contributed by atoms with Gasteiger partial charge in [0.1, 0.15) is 11.4 Å². The molecule has 0 saturated carbocycles. The Morgan fingerprint density at radius 3 is 2.53 bits per heavy atom. The third-order valence-corrected chi connectivity index (χ3v) is 4.11. The third kappa shape index (κ3) is 6.30. The van der Waals surface area contributed by atoms with Gasteiger partial charge in [-0.3, -0.25) is 28.8 Å². The van der Waals surface area contributed by atoms with Gasteiger partial charge in [-0.05, 0) is 30.2 Å². The number of halogens is 3. The van der Waals surface area contributed by atoms with Crippen LogP contribution in [0.3, 0.4) is 0 Å². The maximum absolute atomic E-state index is 12.6. The van der Waals surface area contributed by atoms with Crippen molar-refractivity contribution >= 4 is 23.8 Å². The molecule has 0 saturated heterocycles. The lowest BCUT2D eigenvalue weighted by Gasteiger charge is -2.11. The molecule has 0 aliphatic carbocycles. The Morgan fingerprint density at radius 1 is 1.25 bits per heavy atom. The van der Waals surface area contributed by atoms with E-state index in [0.29, 0.717) is 4.57 Å². The van der Waals surface area contributed by atoms with Gasteiger partial charge in [0.25, 0.3) is 0 Å². The molecule has 2 rings (SSSR count). The number of ether oxygens (including phenoxy) is 2. The van der Waals surface area contributed by atoms with Crippen molar-refractivity contribution in [3.63, 3.8) is 0 Å². The first kappa shape index (κ1) is 24.4. The second-order valence-electron chi connectivity index (χ2n) is 6.44. The predicted molar refractivity (Wildman–Crippen MR) is 106 cm³/mol. The molecule has 0 aliphatic heterocycles. The van der Waals surface area contributed by atoms with E-state index in [1.54, 1.807) is 0 Å². The summed E-state index contributed by atoms with van der Waals surface area (Å²) in [4.78, 5) is 46.5. The summed E-state index contributed by atoms with van der Waals surface area (Å²) >= 11 is 0. The Balaban J connectivity index is 2.43. The zero-order chi connectivity index (χ0) is 24.1. The molecule has 0 radical (unpaired) electrons. The van der Waals surface area contributed by atoms with Crippen LogP contribution in [0.5, 0.6) is 5.75 Å². The maximum Gasteiger partial charge on any atom is 0.573 e. The van der Waals surface area contributed by atoms with Gasteiger partial charge in [-0.1, -0.05) is 18.2 Å². The number of rotatable bonds is 8. The van der Waals surface area contributed by atoms with Gasteiger partial charge in [0.05, 0.1) is 11.5 Å². The average Bonchev–Trinajstić information content (AvgIpc) is 2.67. The van der Waals surface area contributed by atoms with Gasteiger partial charge >= 0.3 is 29.3 Å². The van der Waals surface area contributed by atoms with Crippen LogP contribution in [0.4, 0.5) is 18.9 Å². The van der Waals surface area contributed by atoms with Crippen molar-refractivity contribution in [3.8, 4) is 5.75 Å². The highest BCUT2D eigenvalue weighted by atomic mass is 19.4. The Bertz CT molecular complexity index is 1170. The summed E-state index contributed by atoms with van der Waals surface area (Å²) in [7, 11) is 1.21. The Labute approximate surface area is 178 Å². The summed E-state index contributed by atoms with van der Waals surface area (Å²) in [6.45, 7) is 0.874. The van der Waals surface area contributed by atoms with Gasteiger partial charge in [0, 0.05) is 20.5 Å². The fourth-order valence-electron chi connectivity index (χ4n) is 2.76. The summed E-state index contributed by atoms with van der Waals surface area (Å²) < 4.78 is 47.2. The summed E-state index contributed by atoms with van der Waals surface area (Å²) in [6, 6.07) is 4.78. The van der Waals surface area contributed by atoms with Gasteiger partial charge in [-0.2, -0.15) is 0 Å². The Morgan fingerprint density at radius 2 is 1.94 bits per heavy atom. The fourth-order valence-corrected chi connectivity index (χ4v) is 2.76. The Kier molecular flexibility index (Phi) is 7.57. The van der Waals surface area contributed by atoms with E-state index in [2.05, 4.69) is 4.74 Å². The van der Waals surface area contributed by atoms with Crippen molar-refractivity contribution < 1.29 is 32.4 Å². The number of alkyl halides is 3. The topological polar surface area (TPSA) is 123 Å². The lowest BCUT2D eigenvalue weighted by Crippen LogP contribution is -2.41. The van der Waals surface area contributed by atoms with E-state index in [1.165, 1.54) is 32.2 Å². The van der Waals surface area contributed by atoms with Gasteiger partial charge in [-0.25, -0.2) is 4.79 Å². The summed E-state index contributed by atoms with van der Waals surface area (Å²) in [5.41, 5.74) is -3.06. The molecule has 0 N–H and O–H groups in total. The molecular weight excluding hydrogens is 439 g/mol. The summed E-state index contributed by atoms with van der Waals surface area (Å²) in [5, 5.41) is 11.5. The lowest BCUT2D eigenvalue weighted by molar-refractivity contribution is -0.387. The summed E-state index contributed by atoms with van der Waals surface area (Å²) in [5.74, 6) is -1.06. The number of aromatic nitrogens is 2. The second-order valence-corrected chi connectivity index (χ2v) is 6.44. The van der Waals surface area contributed by atoms with Crippen molar-refractivity contribution in [3.05, 3.63) is 66.5 Å². The van der Waals surface area contributed by atoms with Crippen molar-refractivity contribution in [2.24, 2.45) is 7.05 Å². The zero-order valence-electron chi connectivity index (χ0n) is 16.9. The molecule has 0 aliphatic rings.